The van der Waals surface area contributed by atoms with E-state index in [1.165, 1.54) is 21.3 Å². The maximum atomic E-state index is 13.0. The third kappa shape index (κ3) is 4.25. The summed E-state index contributed by atoms with van der Waals surface area (Å²) >= 11 is 0. The van der Waals surface area contributed by atoms with Gasteiger partial charge in [-0.15, -0.1) is 0 Å². The van der Waals surface area contributed by atoms with Crippen molar-refractivity contribution in [3.8, 4) is 0 Å². The Morgan fingerprint density at radius 1 is 0.886 bits per heavy atom. The van der Waals surface area contributed by atoms with Crippen molar-refractivity contribution in [3.63, 3.8) is 0 Å². The molecule has 0 aliphatic heterocycles. The molecule has 0 N–H and O–H groups in total. The molecule has 10 heteroatoms. The van der Waals surface area contributed by atoms with E-state index in [1.54, 1.807) is 0 Å². The molecule has 0 saturated heterocycles. The van der Waals surface area contributed by atoms with Gasteiger partial charge in [0.15, 0.2) is 0 Å². The van der Waals surface area contributed by atoms with Crippen LogP contribution in [0.4, 0.5) is 14.4 Å². The normalized spacial score (nSPS) is 39.7. The molecule has 4 aliphatic rings. The second kappa shape index (κ2) is 9.35. The van der Waals surface area contributed by atoms with Crippen LogP contribution in [0.3, 0.4) is 0 Å². The van der Waals surface area contributed by atoms with Crippen LogP contribution in [0.15, 0.2) is 11.6 Å². The first-order chi connectivity index (χ1) is 16.6. The highest BCUT2D eigenvalue weighted by Crippen LogP contribution is 2.65. The molecule has 0 amide bonds. The van der Waals surface area contributed by atoms with Gasteiger partial charge in [0.2, 0.25) is 0 Å². The second-order valence-corrected chi connectivity index (χ2v) is 10.5. The smallest absolute Gasteiger partial charge is 0.438 e. The minimum absolute atomic E-state index is 0.0502. The fourth-order valence-corrected chi connectivity index (χ4v) is 7.29. The molecule has 8 atom stereocenters. The molecular weight excluding hydrogens is 460 g/mol. The van der Waals surface area contributed by atoms with Gasteiger partial charge in [0, 0.05) is 30.1 Å². The lowest BCUT2D eigenvalue weighted by Gasteiger charge is -2.60. The van der Waals surface area contributed by atoms with Crippen LogP contribution in [0.1, 0.15) is 52.4 Å². The molecule has 0 bridgehead atoms. The van der Waals surface area contributed by atoms with Crippen molar-refractivity contribution < 1.29 is 47.6 Å². The Hall–Kier alpha value is -2.78. The van der Waals surface area contributed by atoms with E-state index in [9.17, 15) is 19.2 Å². The summed E-state index contributed by atoms with van der Waals surface area (Å²) in [5.41, 5.74) is -0.175. The third-order valence-electron chi connectivity index (χ3n) is 8.93. The predicted molar refractivity (Wildman–Crippen MR) is 119 cm³/mol. The summed E-state index contributed by atoms with van der Waals surface area (Å²) in [5.74, 6) is -0.419. The monoisotopic (exact) mass is 494 g/mol. The highest BCUT2D eigenvalue weighted by atomic mass is 16.7. The van der Waals surface area contributed by atoms with Crippen molar-refractivity contribution in [3.05, 3.63) is 11.6 Å². The van der Waals surface area contributed by atoms with Gasteiger partial charge in [0.1, 0.15) is 24.1 Å². The van der Waals surface area contributed by atoms with Crippen LogP contribution in [-0.4, -0.2) is 63.9 Å². The maximum Gasteiger partial charge on any atom is 0.508 e. The van der Waals surface area contributed by atoms with Crippen molar-refractivity contribution in [2.75, 3.05) is 21.3 Å². The minimum atomic E-state index is -0.825. The number of carbonyl (C=O) groups excluding carboxylic acids is 4. The van der Waals surface area contributed by atoms with Crippen molar-refractivity contribution in [1.82, 2.24) is 0 Å². The first-order valence-corrected chi connectivity index (χ1v) is 12.1. The van der Waals surface area contributed by atoms with Crippen molar-refractivity contribution in [1.29, 1.82) is 0 Å². The lowest BCUT2D eigenvalue weighted by Crippen LogP contribution is -2.61. The average molecular weight is 495 g/mol. The predicted octanol–water partition coefficient (Wildman–Crippen LogP) is 4.19. The molecule has 10 nitrogen and oxygen atoms in total. The summed E-state index contributed by atoms with van der Waals surface area (Å²) in [7, 11) is 3.75. The Kier molecular flexibility index (Phi) is 6.76. The molecule has 0 aromatic carbocycles. The van der Waals surface area contributed by atoms with Gasteiger partial charge in [-0.2, -0.15) is 0 Å². The first kappa shape index (κ1) is 25.3. The molecular formula is C25H34O10. The van der Waals surface area contributed by atoms with E-state index >= 15 is 0 Å². The van der Waals surface area contributed by atoms with Gasteiger partial charge in [-0.1, -0.05) is 19.4 Å². The summed E-state index contributed by atoms with van der Waals surface area (Å²) in [6, 6.07) is 0. The molecule has 194 valence electrons. The zero-order valence-corrected chi connectivity index (χ0v) is 20.9. The van der Waals surface area contributed by atoms with Gasteiger partial charge in [-0.3, -0.25) is 4.79 Å². The molecule has 4 aliphatic carbocycles. The van der Waals surface area contributed by atoms with Crippen LogP contribution in [0, 0.1) is 28.6 Å². The zero-order chi connectivity index (χ0) is 25.5. The quantitative estimate of drug-likeness (QED) is 0.320. The number of hydrogen-bond acceptors (Lipinski definition) is 10. The number of hydrogen-bond donors (Lipinski definition) is 0. The van der Waals surface area contributed by atoms with Crippen LogP contribution in [-0.2, 0) is 33.2 Å². The lowest BCUT2D eigenvalue weighted by molar-refractivity contribution is -0.163. The number of ketones is 1. The molecule has 0 aromatic heterocycles. The van der Waals surface area contributed by atoms with Gasteiger partial charge in [-0.05, 0) is 43.1 Å². The Morgan fingerprint density at radius 2 is 1.51 bits per heavy atom. The standard InChI is InChI=1S/C25H34O10/c1-24-9-8-14(33-21(27)30-3)10-13(24)11-16(34-22(28)31-4)19-15-6-7-18(26)25(15,2)12-17(20(19)24)35-23(29)32-5/h11,14-17,19-20H,6-10,12H2,1-5H3/t14-,15-,16-,17+,19+,20?,24-,25-/m0/s1. The number of Topliss-reactive ketones (excluding diaryl/α,β-unsaturated/α-hetero) is 1. The van der Waals surface area contributed by atoms with Gasteiger partial charge < -0.3 is 28.4 Å². The fraction of sp³-hybridized carbons (Fsp3) is 0.760. The van der Waals surface area contributed by atoms with Crippen LogP contribution in [0.5, 0.6) is 0 Å². The van der Waals surface area contributed by atoms with Crippen LogP contribution < -0.4 is 0 Å². The third-order valence-corrected chi connectivity index (χ3v) is 8.93. The number of rotatable bonds is 3. The minimum Gasteiger partial charge on any atom is -0.438 e. The molecule has 3 fully saturated rings. The molecule has 0 radical (unpaired) electrons. The van der Waals surface area contributed by atoms with Gasteiger partial charge >= 0.3 is 18.5 Å². The molecule has 0 heterocycles. The van der Waals surface area contributed by atoms with E-state index in [2.05, 4.69) is 11.7 Å². The van der Waals surface area contributed by atoms with Crippen LogP contribution >= 0.6 is 0 Å². The van der Waals surface area contributed by atoms with Crippen LogP contribution in [0.25, 0.3) is 0 Å². The highest BCUT2D eigenvalue weighted by molar-refractivity contribution is 5.87. The van der Waals surface area contributed by atoms with Gasteiger partial charge in [0.05, 0.1) is 21.3 Å². The molecule has 35 heavy (non-hydrogen) atoms. The van der Waals surface area contributed by atoms with Gasteiger partial charge in [0.25, 0.3) is 0 Å². The number of carbonyl (C=O) groups is 4. The van der Waals surface area contributed by atoms with E-state index in [0.717, 1.165) is 5.57 Å². The van der Waals surface area contributed by atoms with Gasteiger partial charge in [-0.25, -0.2) is 14.4 Å². The number of ether oxygens (including phenoxy) is 6. The van der Waals surface area contributed by atoms with Crippen LogP contribution in [0.2, 0.25) is 0 Å². The van der Waals surface area contributed by atoms with E-state index < -0.39 is 41.5 Å². The Morgan fingerprint density at radius 3 is 2.17 bits per heavy atom. The summed E-state index contributed by atoms with van der Waals surface area (Å²) in [5, 5.41) is 0. The number of methoxy groups -OCH3 is 3. The summed E-state index contributed by atoms with van der Waals surface area (Å²) in [6.07, 6.45) is 1.02. The summed E-state index contributed by atoms with van der Waals surface area (Å²) in [6.45, 7) is 4.04. The molecule has 0 spiro atoms. The Bertz CT molecular complexity index is 927. The summed E-state index contributed by atoms with van der Waals surface area (Å²) < 4.78 is 31.3. The van der Waals surface area contributed by atoms with Crippen molar-refractivity contribution >= 4 is 24.2 Å². The number of fused-ring (bicyclic) bond motifs is 5. The molecule has 1 unspecified atom stereocenters. The second-order valence-electron chi connectivity index (χ2n) is 10.5. The Labute approximate surface area is 204 Å². The van der Waals surface area contributed by atoms with E-state index in [1.807, 2.05) is 13.0 Å². The topological polar surface area (TPSA) is 124 Å². The summed E-state index contributed by atoms with van der Waals surface area (Å²) in [4.78, 5) is 49.3. The largest absolute Gasteiger partial charge is 0.508 e. The first-order valence-electron chi connectivity index (χ1n) is 12.1. The molecule has 4 rings (SSSR count). The SMILES string of the molecule is COC(=O)O[C@H]1CC[C@@]2(C)C(=C[C@H](OC(=O)OC)[C@@H]3C2[C@H](OC(=O)OC)C[C@]2(C)C(=O)CC[C@@H]32)C1. The van der Waals surface area contributed by atoms with E-state index in [-0.39, 0.29) is 29.6 Å². The zero-order valence-electron chi connectivity index (χ0n) is 20.9. The van der Waals surface area contributed by atoms with Crippen molar-refractivity contribution in [2.45, 2.75) is 70.7 Å². The van der Waals surface area contributed by atoms with E-state index in [4.69, 9.17) is 23.7 Å². The average Bonchev–Trinajstić information content (AvgIpc) is 3.13. The lowest BCUT2D eigenvalue weighted by atomic mass is 9.46. The Balaban J connectivity index is 1.79. The fourth-order valence-electron chi connectivity index (χ4n) is 7.29. The molecule has 0 aromatic rings. The molecule has 3 saturated carbocycles. The van der Waals surface area contributed by atoms with Crippen molar-refractivity contribution in [2.24, 2.45) is 28.6 Å². The maximum absolute atomic E-state index is 13.0. The van der Waals surface area contributed by atoms with E-state index in [0.29, 0.717) is 38.5 Å². The highest BCUT2D eigenvalue weighted by Gasteiger charge is 2.66.